The summed E-state index contributed by atoms with van der Waals surface area (Å²) in [6, 6.07) is 32.0. The van der Waals surface area contributed by atoms with Gasteiger partial charge in [0, 0.05) is 0 Å². The van der Waals surface area contributed by atoms with Crippen LogP contribution in [-0.2, 0) is 0 Å². The van der Waals surface area contributed by atoms with Crippen LogP contribution >= 0.6 is 0 Å². The van der Waals surface area contributed by atoms with Gasteiger partial charge in [0.1, 0.15) is 0 Å². The number of rotatable bonds is 3. The van der Waals surface area contributed by atoms with Crippen molar-refractivity contribution in [2.45, 2.75) is 0 Å². The minimum absolute atomic E-state index is 0. The number of hydrogen-bond donors (Lipinski definition) is 0. The minimum atomic E-state index is 0. The SMILES string of the molecule is O.c1ccc(B(c2ccccc2)c2ccccc2)cc1. The van der Waals surface area contributed by atoms with Crippen molar-refractivity contribution in [2.24, 2.45) is 0 Å². The van der Waals surface area contributed by atoms with Gasteiger partial charge in [0.25, 0.3) is 0 Å². The maximum absolute atomic E-state index is 2.20. The molecule has 3 aromatic carbocycles. The van der Waals surface area contributed by atoms with Crippen molar-refractivity contribution < 1.29 is 5.48 Å². The maximum atomic E-state index is 2.20. The minimum Gasteiger partial charge on any atom is -0.412 e. The molecule has 1 nitrogen and oxygen atoms in total. The predicted molar refractivity (Wildman–Crippen MR) is 87.6 cm³/mol. The number of hydrogen-bond acceptors (Lipinski definition) is 0. The van der Waals surface area contributed by atoms with Crippen molar-refractivity contribution in [3.05, 3.63) is 91.0 Å². The lowest BCUT2D eigenvalue weighted by atomic mass is 9.37. The monoisotopic (exact) mass is 260 g/mol. The predicted octanol–water partition coefficient (Wildman–Crippen LogP) is 1.38. The molecule has 3 rings (SSSR count). The molecule has 3 aromatic rings. The van der Waals surface area contributed by atoms with E-state index in [0.29, 0.717) is 6.71 Å². The summed E-state index contributed by atoms with van der Waals surface area (Å²) in [5.41, 5.74) is 4.00. The van der Waals surface area contributed by atoms with Gasteiger partial charge in [0.15, 0.2) is 0 Å². The molecule has 0 radical (unpaired) electrons. The second-order valence-corrected chi connectivity index (χ2v) is 4.67. The summed E-state index contributed by atoms with van der Waals surface area (Å²) < 4.78 is 0. The van der Waals surface area contributed by atoms with E-state index < -0.39 is 0 Å². The van der Waals surface area contributed by atoms with Crippen LogP contribution in [-0.4, -0.2) is 12.2 Å². The van der Waals surface area contributed by atoms with Gasteiger partial charge in [-0.25, -0.2) is 0 Å². The van der Waals surface area contributed by atoms with Crippen molar-refractivity contribution in [2.75, 3.05) is 0 Å². The second-order valence-electron chi connectivity index (χ2n) is 4.67. The molecule has 0 aromatic heterocycles. The van der Waals surface area contributed by atoms with E-state index in [2.05, 4.69) is 91.0 Å². The Kier molecular flexibility index (Phi) is 4.75. The van der Waals surface area contributed by atoms with Crippen molar-refractivity contribution >= 4 is 23.1 Å². The van der Waals surface area contributed by atoms with Crippen molar-refractivity contribution in [1.82, 2.24) is 0 Å². The Labute approximate surface area is 120 Å². The summed E-state index contributed by atoms with van der Waals surface area (Å²) >= 11 is 0. The van der Waals surface area contributed by atoms with Crippen LogP contribution in [0, 0.1) is 0 Å². The summed E-state index contributed by atoms with van der Waals surface area (Å²) in [5.74, 6) is 0. The van der Waals surface area contributed by atoms with Crippen LogP contribution in [0.5, 0.6) is 0 Å². The Balaban J connectivity index is 0.00000147. The molecule has 2 N–H and O–H groups in total. The van der Waals surface area contributed by atoms with Gasteiger partial charge in [-0.3, -0.25) is 0 Å². The lowest BCUT2D eigenvalue weighted by Crippen LogP contribution is -2.51. The average Bonchev–Trinajstić information content (AvgIpc) is 2.51. The zero-order valence-electron chi connectivity index (χ0n) is 11.2. The molecule has 20 heavy (non-hydrogen) atoms. The smallest absolute Gasteiger partial charge is 0.241 e. The van der Waals surface area contributed by atoms with Crippen molar-refractivity contribution in [3.63, 3.8) is 0 Å². The van der Waals surface area contributed by atoms with Gasteiger partial charge in [0.05, 0.1) is 0 Å². The van der Waals surface area contributed by atoms with Crippen LogP contribution in [0.15, 0.2) is 91.0 Å². The van der Waals surface area contributed by atoms with Crippen LogP contribution in [0.1, 0.15) is 0 Å². The first kappa shape index (κ1) is 14.1. The van der Waals surface area contributed by atoms with Gasteiger partial charge in [-0.1, -0.05) is 107 Å². The van der Waals surface area contributed by atoms with E-state index in [1.165, 1.54) is 16.4 Å². The summed E-state index contributed by atoms with van der Waals surface area (Å²) in [7, 11) is 0. The Hall–Kier alpha value is -2.32. The molecule has 0 fully saturated rings. The van der Waals surface area contributed by atoms with Crippen molar-refractivity contribution in [3.8, 4) is 0 Å². The Morgan fingerprint density at radius 3 is 0.900 bits per heavy atom. The molecule has 0 bridgehead atoms. The van der Waals surface area contributed by atoms with Gasteiger partial charge in [-0.15, -0.1) is 0 Å². The van der Waals surface area contributed by atoms with Crippen LogP contribution in [0.2, 0.25) is 0 Å². The molecule has 0 atom stereocenters. The first-order chi connectivity index (χ1) is 9.45. The molecule has 0 saturated heterocycles. The second kappa shape index (κ2) is 6.74. The lowest BCUT2D eigenvalue weighted by Gasteiger charge is -2.15. The summed E-state index contributed by atoms with van der Waals surface area (Å²) in [5, 5.41) is 0. The first-order valence-corrected chi connectivity index (χ1v) is 6.60. The average molecular weight is 260 g/mol. The topological polar surface area (TPSA) is 31.5 Å². The highest BCUT2D eigenvalue weighted by Crippen LogP contribution is 1.95. The van der Waals surface area contributed by atoms with E-state index in [0.717, 1.165) is 0 Å². The molecule has 0 amide bonds. The van der Waals surface area contributed by atoms with Crippen LogP contribution < -0.4 is 16.4 Å². The molecule has 0 unspecified atom stereocenters. The summed E-state index contributed by atoms with van der Waals surface area (Å²) in [6.45, 7) is 0.309. The van der Waals surface area contributed by atoms with Gasteiger partial charge in [-0.2, -0.15) is 0 Å². The van der Waals surface area contributed by atoms with E-state index >= 15 is 0 Å². The molecule has 0 heterocycles. The molecule has 98 valence electrons. The third-order valence-corrected chi connectivity index (χ3v) is 3.40. The maximum Gasteiger partial charge on any atom is 0.241 e. The zero-order chi connectivity index (χ0) is 12.9. The Bertz CT molecular complexity index is 529. The molecular formula is C18H17BO. The van der Waals surface area contributed by atoms with Crippen LogP contribution in [0.4, 0.5) is 0 Å². The highest BCUT2D eigenvalue weighted by molar-refractivity contribution is 6.95. The third-order valence-electron chi connectivity index (χ3n) is 3.40. The zero-order valence-corrected chi connectivity index (χ0v) is 11.2. The van der Waals surface area contributed by atoms with Gasteiger partial charge in [0.2, 0.25) is 6.71 Å². The van der Waals surface area contributed by atoms with E-state index in [9.17, 15) is 0 Å². The van der Waals surface area contributed by atoms with E-state index in [-0.39, 0.29) is 5.48 Å². The normalized spacial score (nSPS) is 9.60. The largest absolute Gasteiger partial charge is 0.412 e. The molecule has 0 aliphatic heterocycles. The van der Waals surface area contributed by atoms with Crippen LogP contribution in [0.3, 0.4) is 0 Å². The van der Waals surface area contributed by atoms with Gasteiger partial charge < -0.3 is 5.48 Å². The van der Waals surface area contributed by atoms with Crippen molar-refractivity contribution in [1.29, 1.82) is 0 Å². The van der Waals surface area contributed by atoms with Crippen LogP contribution in [0.25, 0.3) is 0 Å². The van der Waals surface area contributed by atoms with Gasteiger partial charge >= 0.3 is 0 Å². The van der Waals surface area contributed by atoms with E-state index in [1.54, 1.807) is 0 Å². The highest BCUT2D eigenvalue weighted by atomic mass is 16.0. The fourth-order valence-corrected chi connectivity index (χ4v) is 2.51. The first-order valence-electron chi connectivity index (χ1n) is 6.60. The fraction of sp³-hybridized carbons (Fsp3) is 0. The van der Waals surface area contributed by atoms with E-state index in [1.807, 2.05) is 0 Å². The summed E-state index contributed by atoms with van der Waals surface area (Å²) in [4.78, 5) is 0. The molecular weight excluding hydrogens is 243 g/mol. The van der Waals surface area contributed by atoms with Gasteiger partial charge in [-0.05, 0) is 0 Å². The third kappa shape index (κ3) is 2.98. The Morgan fingerprint density at radius 1 is 0.400 bits per heavy atom. The molecule has 0 spiro atoms. The fourth-order valence-electron chi connectivity index (χ4n) is 2.51. The summed E-state index contributed by atoms with van der Waals surface area (Å²) in [6.07, 6.45) is 0. The molecule has 0 aliphatic rings. The van der Waals surface area contributed by atoms with E-state index in [4.69, 9.17) is 0 Å². The standard InChI is InChI=1S/C18H15B.H2O/c1-4-10-16(11-5-1)19(17-12-6-2-7-13-17)18-14-8-3-9-15-18;/h1-15H;1H2. The lowest BCUT2D eigenvalue weighted by molar-refractivity contribution is 0.824. The number of benzene rings is 3. The molecule has 2 heteroatoms. The molecule has 0 saturated carbocycles. The quantitative estimate of drug-likeness (QED) is 0.637. The molecule has 0 aliphatic carbocycles. The Morgan fingerprint density at radius 2 is 0.650 bits per heavy atom. The highest BCUT2D eigenvalue weighted by Gasteiger charge is 2.20.